The summed E-state index contributed by atoms with van der Waals surface area (Å²) in [5.41, 5.74) is 1.13. The van der Waals surface area contributed by atoms with Crippen LogP contribution in [0.2, 0.25) is 0 Å². The molecule has 2 aromatic carbocycles. The van der Waals surface area contributed by atoms with E-state index in [-0.39, 0.29) is 23.5 Å². The lowest BCUT2D eigenvalue weighted by Gasteiger charge is -2.46. The van der Waals surface area contributed by atoms with E-state index in [0.29, 0.717) is 12.2 Å². The van der Waals surface area contributed by atoms with Gasteiger partial charge >= 0.3 is 0 Å². The summed E-state index contributed by atoms with van der Waals surface area (Å²) in [5, 5.41) is 19.6. The number of carbonyl (C=O) groups is 1. The van der Waals surface area contributed by atoms with Crippen molar-refractivity contribution in [3.05, 3.63) is 65.7 Å². The molecule has 0 radical (unpaired) electrons. The third-order valence-corrected chi connectivity index (χ3v) is 8.16. The van der Waals surface area contributed by atoms with E-state index in [1.807, 2.05) is 30.3 Å². The van der Waals surface area contributed by atoms with Crippen LogP contribution in [-0.4, -0.2) is 36.9 Å². The number of ether oxygens (including phenoxy) is 1. The zero-order valence-electron chi connectivity index (χ0n) is 20.7. The number of likely N-dealkylation sites (tertiary alicyclic amines) is 1. The van der Waals surface area contributed by atoms with E-state index >= 15 is 0 Å². The lowest BCUT2D eigenvalue weighted by atomic mass is 9.58. The fourth-order valence-electron chi connectivity index (χ4n) is 6.41. The van der Waals surface area contributed by atoms with Gasteiger partial charge in [-0.05, 0) is 93.8 Å². The third-order valence-electron chi connectivity index (χ3n) is 8.16. The molecule has 1 aliphatic carbocycles. The molecule has 0 bridgehead atoms. The minimum Gasteiger partial charge on any atom is -0.494 e. The second-order valence-electron chi connectivity index (χ2n) is 10.1. The quantitative estimate of drug-likeness (QED) is 0.453. The maximum Gasteiger partial charge on any atom is 0.133 e. The second kappa shape index (κ2) is 11.5. The molecule has 0 N–H and O–H groups in total. The van der Waals surface area contributed by atoms with Crippen LogP contribution in [0, 0.1) is 40.4 Å². The van der Waals surface area contributed by atoms with Crippen LogP contribution in [0.15, 0.2) is 54.6 Å². The highest BCUT2D eigenvalue weighted by atomic mass is 16.5. The fourth-order valence-corrected chi connectivity index (χ4v) is 6.41. The topological polar surface area (TPSA) is 77.1 Å². The van der Waals surface area contributed by atoms with E-state index in [1.165, 1.54) is 0 Å². The van der Waals surface area contributed by atoms with E-state index in [9.17, 15) is 10.1 Å². The highest BCUT2D eigenvalue weighted by molar-refractivity contribution is 5.79. The first-order valence-corrected chi connectivity index (χ1v) is 12.9. The Morgan fingerprint density at radius 2 is 1.74 bits per heavy atom. The molecular weight excluding hydrogens is 434 g/mol. The molecule has 2 aliphatic rings. The minimum absolute atomic E-state index is 0.00717. The van der Waals surface area contributed by atoms with E-state index in [2.05, 4.69) is 29.2 Å². The molecule has 0 amide bonds. The number of ketones is 1. The summed E-state index contributed by atoms with van der Waals surface area (Å²) in [5.74, 6) is 1.38. The summed E-state index contributed by atoms with van der Waals surface area (Å²) in [6.45, 7) is 5.25. The van der Waals surface area contributed by atoms with Gasteiger partial charge < -0.3 is 9.64 Å². The van der Waals surface area contributed by atoms with Crippen molar-refractivity contribution in [1.29, 1.82) is 10.5 Å². The van der Waals surface area contributed by atoms with Gasteiger partial charge in [-0.3, -0.25) is 4.79 Å². The monoisotopic (exact) mass is 469 g/mol. The zero-order chi connectivity index (χ0) is 24.7. The number of nitrogens with zero attached hydrogens (tertiary/aromatic N) is 3. The van der Waals surface area contributed by atoms with E-state index < -0.39 is 5.41 Å². The van der Waals surface area contributed by atoms with Crippen molar-refractivity contribution in [1.82, 2.24) is 4.90 Å². The molecule has 4 rings (SSSR count). The molecule has 2 fully saturated rings. The zero-order valence-corrected chi connectivity index (χ0v) is 20.7. The molecular formula is C30H35N3O2. The first-order valence-electron chi connectivity index (χ1n) is 12.9. The van der Waals surface area contributed by atoms with Gasteiger partial charge in [0.2, 0.25) is 0 Å². The number of Topliss-reactive ketones (excluding diaryl/α,β-unsaturated/α-hetero) is 1. The van der Waals surface area contributed by atoms with Crippen LogP contribution in [0.25, 0.3) is 0 Å². The van der Waals surface area contributed by atoms with Gasteiger partial charge in [-0.2, -0.15) is 10.5 Å². The van der Waals surface area contributed by atoms with Crippen LogP contribution in [0.4, 0.5) is 0 Å². The molecule has 2 unspecified atom stereocenters. The van der Waals surface area contributed by atoms with Crippen molar-refractivity contribution in [2.24, 2.45) is 17.8 Å². The van der Waals surface area contributed by atoms with Gasteiger partial charge in [0.25, 0.3) is 0 Å². The van der Waals surface area contributed by atoms with Crippen molar-refractivity contribution in [2.75, 3.05) is 26.2 Å². The van der Waals surface area contributed by atoms with E-state index in [1.54, 1.807) is 19.1 Å². The van der Waals surface area contributed by atoms with Gasteiger partial charge in [-0.1, -0.05) is 36.8 Å². The maximum atomic E-state index is 12.5. The molecule has 5 heteroatoms. The summed E-state index contributed by atoms with van der Waals surface area (Å²) >= 11 is 0. The SMILES string of the molecule is CC(=O)C1CCC[C@H]1C(C#N)(c1ccccc1)C1CCN(CCCOc2ccc(C#N)cc2)CC1. The van der Waals surface area contributed by atoms with Crippen molar-refractivity contribution in [3.8, 4) is 17.9 Å². The van der Waals surface area contributed by atoms with Crippen LogP contribution < -0.4 is 4.74 Å². The molecule has 1 saturated carbocycles. The van der Waals surface area contributed by atoms with Crippen molar-refractivity contribution in [3.63, 3.8) is 0 Å². The smallest absolute Gasteiger partial charge is 0.133 e. The number of hydrogen-bond donors (Lipinski definition) is 0. The number of rotatable bonds is 9. The number of carbonyl (C=O) groups excluding carboxylic acids is 1. The van der Waals surface area contributed by atoms with Gasteiger partial charge in [-0.25, -0.2) is 0 Å². The molecule has 1 aliphatic heterocycles. The minimum atomic E-state index is -0.598. The van der Waals surface area contributed by atoms with Crippen LogP contribution in [0.5, 0.6) is 5.75 Å². The Kier molecular flexibility index (Phi) is 8.21. The van der Waals surface area contributed by atoms with Gasteiger partial charge in [-0.15, -0.1) is 0 Å². The lowest BCUT2D eigenvalue weighted by molar-refractivity contribution is -0.122. The van der Waals surface area contributed by atoms with E-state index in [0.717, 1.165) is 69.5 Å². The van der Waals surface area contributed by atoms with Gasteiger partial charge in [0.1, 0.15) is 11.5 Å². The molecule has 5 nitrogen and oxygen atoms in total. The van der Waals surface area contributed by atoms with E-state index in [4.69, 9.17) is 10.00 Å². The molecule has 35 heavy (non-hydrogen) atoms. The third kappa shape index (κ3) is 5.42. The normalized spacial score (nSPS) is 22.6. The molecule has 1 saturated heterocycles. The molecule has 3 atom stereocenters. The number of hydrogen-bond acceptors (Lipinski definition) is 5. The average Bonchev–Trinajstić information content (AvgIpc) is 3.40. The summed E-state index contributed by atoms with van der Waals surface area (Å²) in [6.07, 6.45) is 5.78. The van der Waals surface area contributed by atoms with Crippen LogP contribution in [-0.2, 0) is 10.2 Å². The Bertz CT molecular complexity index is 1060. The Labute approximate surface area is 209 Å². The standard InChI is InChI=1S/C30H35N3O2/c1-23(34)28-9-5-10-29(28)30(22-32,25-7-3-2-4-8-25)26-15-18-33(19-16-26)17-6-20-35-27-13-11-24(21-31)12-14-27/h2-4,7-8,11-14,26,28-29H,5-6,9-10,15-20H2,1H3/t28?,29-,30?/m1/s1. The fraction of sp³-hybridized carbons (Fsp3) is 0.500. The number of nitriles is 2. The molecule has 2 aromatic rings. The summed E-state index contributed by atoms with van der Waals surface area (Å²) in [4.78, 5) is 15.0. The van der Waals surface area contributed by atoms with Crippen LogP contribution in [0.3, 0.4) is 0 Å². The predicted molar refractivity (Wildman–Crippen MR) is 136 cm³/mol. The highest BCUT2D eigenvalue weighted by Crippen LogP contribution is 2.52. The van der Waals surface area contributed by atoms with Crippen molar-refractivity contribution in [2.45, 2.75) is 50.9 Å². The first kappa shape index (κ1) is 25.0. The van der Waals surface area contributed by atoms with Gasteiger partial charge in [0.15, 0.2) is 0 Å². The Morgan fingerprint density at radius 1 is 1.03 bits per heavy atom. The molecule has 1 heterocycles. The maximum absolute atomic E-state index is 12.5. The second-order valence-corrected chi connectivity index (χ2v) is 10.1. The molecule has 0 spiro atoms. The van der Waals surface area contributed by atoms with Gasteiger partial charge in [0, 0.05) is 12.5 Å². The first-order chi connectivity index (χ1) is 17.1. The summed E-state index contributed by atoms with van der Waals surface area (Å²) in [7, 11) is 0. The average molecular weight is 470 g/mol. The highest BCUT2D eigenvalue weighted by Gasteiger charge is 2.52. The summed E-state index contributed by atoms with van der Waals surface area (Å²) < 4.78 is 5.84. The largest absolute Gasteiger partial charge is 0.494 e. The predicted octanol–water partition coefficient (Wildman–Crippen LogP) is 5.51. The van der Waals surface area contributed by atoms with Crippen molar-refractivity contribution >= 4 is 5.78 Å². The van der Waals surface area contributed by atoms with Crippen LogP contribution >= 0.6 is 0 Å². The van der Waals surface area contributed by atoms with Crippen molar-refractivity contribution < 1.29 is 9.53 Å². The number of piperidine rings is 1. The number of benzene rings is 2. The molecule has 182 valence electrons. The summed E-state index contributed by atoms with van der Waals surface area (Å²) in [6, 6.07) is 22.4. The van der Waals surface area contributed by atoms with Crippen LogP contribution in [0.1, 0.15) is 56.6 Å². The Hall–Kier alpha value is -3.15. The Balaban J connectivity index is 1.38. The Morgan fingerprint density at radius 3 is 2.37 bits per heavy atom. The lowest BCUT2D eigenvalue weighted by Crippen LogP contribution is -2.49. The van der Waals surface area contributed by atoms with Gasteiger partial charge in [0.05, 0.1) is 29.7 Å². The molecule has 0 aromatic heterocycles.